The number of benzene rings is 4. The van der Waals surface area contributed by atoms with Gasteiger partial charge in [-0.1, -0.05) is 42.5 Å². The minimum atomic E-state index is 0.0465. The number of amides is 1. The Kier molecular flexibility index (Phi) is 6.81. The average Bonchev–Trinajstić information content (AvgIpc) is 2.93. The van der Waals surface area contributed by atoms with Crippen LogP contribution in [-0.2, 0) is 6.61 Å². The van der Waals surface area contributed by atoms with Gasteiger partial charge in [0.25, 0.3) is 5.91 Å². The molecule has 1 fully saturated rings. The molecule has 1 heterocycles. The van der Waals surface area contributed by atoms with Crippen molar-refractivity contribution in [3.05, 3.63) is 101 Å². The molecule has 0 aromatic heterocycles. The molecular formula is C31H32N2O3. The lowest BCUT2D eigenvalue weighted by Crippen LogP contribution is -2.49. The van der Waals surface area contributed by atoms with E-state index in [1.807, 2.05) is 47.4 Å². The van der Waals surface area contributed by atoms with Crippen molar-refractivity contribution >= 4 is 22.4 Å². The third-order valence-corrected chi connectivity index (χ3v) is 7.13. The highest BCUT2D eigenvalue weighted by Crippen LogP contribution is 2.27. The van der Waals surface area contributed by atoms with Crippen molar-refractivity contribution in [1.29, 1.82) is 0 Å². The van der Waals surface area contributed by atoms with E-state index in [1.165, 1.54) is 22.2 Å². The molecule has 0 aliphatic carbocycles. The summed E-state index contributed by atoms with van der Waals surface area (Å²) < 4.78 is 11.7. The monoisotopic (exact) mass is 480 g/mol. The quantitative estimate of drug-likeness (QED) is 0.339. The molecule has 5 heteroatoms. The smallest absolute Gasteiger partial charge is 0.253 e. The summed E-state index contributed by atoms with van der Waals surface area (Å²) in [7, 11) is 1.64. The van der Waals surface area contributed by atoms with Gasteiger partial charge in [-0.2, -0.15) is 0 Å². The maximum atomic E-state index is 13.4. The topological polar surface area (TPSA) is 42.0 Å². The Bertz CT molecular complexity index is 1390. The zero-order valence-corrected chi connectivity index (χ0v) is 21.2. The fourth-order valence-electron chi connectivity index (χ4n) is 4.85. The van der Waals surface area contributed by atoms with E-state index in [-0.39, 0.29) is 5.91 Å². The second kappa shape index (κ2) is 10.3. The maximum Gasteiger partial charge on any atom is 0.253 e. The summed E-state index contributed by atoms with van der Waals surface area (Å²) in [6.45, 7) is 7.67. The van der Waals surface area contributed by atoms with Crippen molar-refractivity contribution in [2.45, 2.75) is 20.5 Å². The van der Waals surface area contributed by atoms with E-state index in [0.29, 0.717) is 31.0 Å². The normalized spacial score (nSPS) is 13.6. The number of piperazine rings is 1. The molecule has 5 nitrogen and oxygen atoms in total. The van der Waals surface area contributed by atoms with Crippen LogP contribution in [0, 0.1) is 13.8 Å². The molecule has 0 spiro atoms. The molecule has 0 radical (unpaired) electrons. The van der Waals surface area contributed by atoms with E-state index >= 15 is 0 Å². The van der Waals surface area contributed by atoms with Crippen molar-refractivity contribution in [2.75, 3.05) is 38.2 Å². The standard InChI is InChI=1S/C31H32N2O3/c1-22-7-6-10-29(23(22)2)32-15-17-33(18-16-32)31(34)26-12-14-30(35-3)27(19-26)21-36-28-13-11-24-8-4-5-9-25(24)20-28/h4-14,19-20H,15-18,21H2,1-3H3. The number of rotatable bonds is 6. The van der Waals surface area contributed by atoms with E-state index in [1.54, 1.807) is 7.11 Å². The van der Waals surface area contributed by atoms with E-state index in [9.17, 15) is 4.79 Å². The highest BCUT2D eigenvalue weighted by Gasteiger charge is 2.24. The Hall–Kier alpha value is -3.99. The third-order valence-electron chi connectivity index (χ3n) is 7.13. The van der Waals surface area contributed by atoms with Gasteiger partial charge in [0.1, 0.15) is 18.1 Å². The van der Waals surface area contributed by atoms with Crippen LogP contribution in [0.4, 0.5) is 5.69 Å². The molecule has 1 aliphatic heterocycles. The lowest BCUT2D eigenvalue weighted by molar-refractivity contribution is 0.0746. The zero-order chi connectivity index (χ0) is 25.1. The van der Waals surface area contributed by atoms with Crippen LogP contribution < -0.4 is 14.4 Å². The van der Waals surface area contributed by atoms with Gasteiger partial charge in [-0.25, -0.2) is 0 Å². The first-order valence-corrected chi connectivity index (χ1v) is 12.4. The van der Waals surface area contributed by atoms with Gasteiger partial charge in [0.15, 0.2) is 0 Å². The molecule has 0 saturated carbocycles. The van der Waals surface area contributed by atoms with E-state index < -0.39 is 0 Å². The van der Waals surface area contributed by atoms with Crippen LogP contribution in [0.5, 0.6) is 11.5 Å². The van der Waals surface area contributed by atoms with Gasteiger partial charge in [0, 0.05) is 43.0 Å². The summed E-state index contributed by atoms with van der Waals surface area (Å²) in [6.07, 6.45) is 0. The van der Waals surface area contributed by atoms with Crippen LogP contribution in [0.2, 0.25) is 0 Å². The van der Waals surface area contributed by atoms with Crippen LogP contribution >= 0.6 is 0 Å². The van der Waals surface area contributed by atoms with Gasteiger partial charge in [-0.05, 0) is 72.1 Å². The lowest BCUT2D eigenvalue weighted by Gasteiger charge is -2.37. The molecule has 0 unspecified atom stereocenters. The molecule has 0 bridgehead atoms. The van der Waals surface area contributed by atoms with Crippen molar-refractivity contribution in [2.24, 2.45) is 0 Å². The number of nitrogens with zero attached hydrogens (tertiary/aromatic N) is 2. The number of hydrogen-bond acceptors (Lipinski definition) is 4. The molecule has 184 valence electrons. The van der Waals surface area contributed by atoms with E-state index in [4.69, 9.17) is 9.47 Å². The summed E-state index contributed by atoms with van der Waals surface area (Å²) in [5.74, 6) is 1.55. The highest BCUT2D eigenvalue weighted by atomic mass is 16.5. The van der Waals surface area contributed by atoms with E-state index in [2.05, 4.69) is 55.1 Å². The Labute approximate surface area is 212 Å². The lowest BCUT2D eigenvalue weighted by atomic mass is 10.1. The molecule has 4 aromatic rings. The SMILES string of the molecule is COc1ccc(C(=O)N2CCN(c3cccc(C)c3C)CC2)cc1COc1ccc2ccccc2c1. The zero-order valence-electron chi connectivity index (χ0n) is 21.2. The van der Waals surface area contributed by atoms with E-state index in [0.717, 1.165) is 29.8 Å². The van der Waals surface area contributed by atoms with Gasteiger partial charge >= 0.3 is 0 Å². The van der Waals surface area contributed by atoms with Gasteiger partial charge in [0.05, 0.1) is 7.11 Å². The Morgan fingerprint density at radius 3 is 2.39 bits per heavy atom. The number of anilines is 1. The van der Waals surface area contributed by atoms with Crippen LogP contribution in [0.25, 0.3) is 10.8 Å². The Morgan fingerprint density at radius 1 is 0.833 bits per heavy atom. The van der Waals surface area contributed by atoms with Crippen molar-refractivity contribution in [3.63, 3.8) is 0 Å². The van der Waals surface area contributed by atoms with Gasteiger partial charge in [0.2, 0.25) is 0 Å². The molecular weight excluding hydrogens is 448 g/mol. The largest absolute Gasteiger partial charge is 0.496 e. The first kappa shape index (κ1) is 23.7. The first-order valence-electron chi connectivity index (χ1n) is 12.4. The fraction of sp³-hybridized carbons (Fsp3) is 0.258. The number of methoxy groups -OCH3 is 1. The number of hydrogen-bond donors (Lipinski definition) is 0. The number of carbonyl (C=O) groups excluding carboxylic acids is 1. The molecule has 1 amide bonds. The minimum Gasteiger partial charge on any atom is -0.496 e. The molecule has 0 atom stereocenters. The second-order valence-corrected chi connectivity index (χ2v) is 9.32. The number of aryl methyl sites for hydroxylation is 1. The minimum absolute atomic E-state index is 0.0465. The molecule has 1 aliphatic rings. The van der Waals surface area contributed by atoms with Crippen LogP contribution in [0.15, 0.2) is 78.9 Å². The second-order valence-electron chi connectivity index (χ2n) is 9.32. The summed E-state index contributed by atoms with van der Waals surface area (Å²) in [4.78, 5) is 17.7. The van der Waals surface area contributed by atoms with Crippen LogP contribution in [-0.4, -0.2) is 44.1 Å². The number of carbonyl (C=O) groups is 1. The number of fused-ring (bicyclic) bond motifs is 1. The first-order chi connectivity index (χ1) is 17.5. The molecule has 4 aromatic carbocycles. The summed E-state index contributed by atoms with van der Waals surface area (Å²) >= 11 is 0. The van der Waals surface area contributed by atoms with Gasteiger partial charge < -0.3 is 19.3 Å². The van der Waals surface area contributed by atoms with Gasteiger partial charge in [-0.15, -0.1) is 0 Å². The van der Waals surface area contributed by atoms with Crippen molar-refractivity contribution in [1.82, 2.24) is 4.90 Å². The average molecular weight is 481 g/mol. The summed E-state index contributed by atoms with van der Waals surface area (Å²) in [5.41, 5.74) is 5.38. The molecule has 0 N–H and O–H groups in total. The predicted octanol–water partition coefficient (Wildman–Crippen LogP) is 6.01. The number of ether oxygens (including phenoxy) is 2. The predicted molar refractivity (Wildman–Crippen MR) is 145 cm³/mol. The van der Waals surface area contributed by atoms with Gasteiger partial charge in [-0.3, -0.25) is 4.79 Å². The Balaban J connectivity index is 1.27. The van der Waals surface area contributed by atoms with Crippen molar-refractivity contribution in [3.8, 4) is 11.5 Å². The Morgan fingerprint density at radius 2 is 1.61 bits per heavy atom. The maximum absolute atomic E-state index is 13.4. The fourth-order valence-corrected chi connectivity index (χ4v) is 4.85. The van der Waals surface area contributed by atoms with Crippen molar-refractivity contribution < 1.29 is 14.3 Å². The van der Waals surface area contributed by atoms with Crippen LogP contribution in [0.3, 0.4) is 0 Å². The third kappa shape index (κ3) is 4.87. The summed E-state index contributed by atoms with van der Waals surface area (Å²) in [6, 6.07) is 26.3. The highest BCUT2D eigenvalue weighted by molar-refractivity contribution is 5.95. The summed E-state index contributed by atoms with van der Waals surface area (Å²) in [5, 5.41) is 2.30. The molecule has 36 heavy (non-hydrogen) atoms. The molecule has 1 saturated heterocycles. The van der Waals surface area contributed by atoms with Crippen LogP contribution in [0.1, 0.15) is 27.0 Å². The molecule has 5 rings (SSSR count).